The van der Waals surface area contributed by atoms with Crippen LogP contribution in [0.3, 0.4) is 0 Å². The number of hydrogen-bond donors (Lipinski definition) is 0. The summed E-state index contributed by atoms with van der Waals surface area (Å²) in [7, 11) is 4.24. The van der Waals surface area contributed by atoms with E-state index in [1.165, 1.54) is 0 Å². The first-order valence-corrected chi connectivity index (χ1v) is 6.99. The summed E-state index contributed by atoms with van der Waals surface area (Å²) in [6.45, 7) is 25.3. The van der Waals surface area contributed by atoms with Crippen LogP contribution in [0.4, 0.5) is 0 Å². The molecule has 0 aromatic heterocycles. The quantitative estimate of drug-likeness (QED) is 0.545. The Labute approximate surface area is 136 Å². The summed E-state index contributed by atoms with van der Waals surface area (Å²) >= 11 is 0. The van der Waals surface area contributed by atoms with Crippen molar-refractivity contribution in [2.24, 2.45) is 10.8 Å². The molecule has 0 aromatic carbocycles. The summed E-state index contributed by atoms with van der Waals surface area (Å²) in [5.74, 6) is 0. The number of nitrogens with zero attached hydrogens (tertiary/aromatic N) is 2. The largest absolute Gasteiger partial charge is 0.337 e. The van der Waals surface area contributed by atoms with Gasteiger partial charge in [0.2, 0.25) is 0 Å². The molecule has 0 aromatic rings. The average molecular weight is 322 g/mol. The molecular formula is C16H36N2Zn-2. The van der Waals surface area contributed by atoms with Crippen LogP contribution in [0.2, 0.25) is 0 Å². The van der Waals surface area contributed by atoms with Crippen LogP contribution in [0.1, 0.15) is 41.5 Å². The minimum Gasteiger partial charge on any atom is -0.337 e. The third-order valence-electron chi connectivity index (χ3n) is 2.48. The molecule has 0 aliphatic carbocycles. The van der Waals surface area contributed by atoms with Crippen molar-refractivity contribution in [1.29, 1.82) is 0 Å². The molecular weight excluding hydrogens is 286 g/mol. The van der Waals surface area contributed by atoms with Crippen molar-refractivity contribution in [3.63, 3.8) is 0 Å². The van der Waals surface area contributed by atoms with Crippen LogP contribution in [0.15, 0.2) is 0 Å². The fourth-order valence-corrected chi connectivity index (χ4v) is 1.68. The van der Waals surface area contributed by atoms with Crippen LogP contribution >= 0.6 is 0 Å². The Morgan fingerprint density at radius 1 is 0.737 bits per heavy atom. The van der Waals surface area contributed by atoms with Gasteiger partial charge in [-0.15, -0.1) is 0 Å². The van der Waals surface area contributed by atoms with Crippen molar-refractivity contribution >= 4 is 0 Å². The molecule has 114 valence electrons. The topological polar surface area (TPSA) is 6.48 Å². The molecule has 0 atom stereocenters. The van der Waals surface area contributed by atoms with E-state index in [0.29, 0.717) is 0 Å². The van der Waals surface area contributed by atoms with E-state index >= 15 is 0 Å². The van der Waals surface area contributed by atoms with E-state index in [4.69, 9.17) is 0 Å². The average Bonchev–Trinajstić information content (AvgIpc) is 2.13. The van der Waals surface area contributed by atoms with E-state index in [-0.39, 0.29) is 30.3 Å². The zero-order chi connectivity index (χ0) is 15.0. The fourth-order valence-electron chi connectivity index (χ4n) is 1.68. The predicted octanol–water partition coefficient (Wildman–Crippen LogP) is 3.59. The molecule has 0 aliphatic rings. The molecule has 0 saturated carbocycles. The number of rotatable bonds is 6. The van der Waals surface area contributed by atoms with Crippen LogP contribution in [-0.4, -0.2) is 50.1 Å². The maximum absolute atomic E-state index is 4.02. The van der Waals surface area contributed by atoms with Crippen molar-refractivity contribution < 1.29 is 19.5 Å². The Kier molecular flexibility index (Phi) is 14.5. The molecule has 0 aliphatic heterocycles. The van der Waals surface area contributed by atoms with Gasteiger partial charge in [-0.2, -0.15) is 10.8 Å². The predicted molar refractivity (Wildman–Crippen MR) is 84.6 cm³/mol. The summed E-state index contributed by atoms with van der Waals surface area (Å²) in [4.78, 5) is 4.54. The van der Waals surface area contributed by atoms with Crippen molar-refractivity contribution in [2.45, 2.75) is 41.5 Å². The van der Waals surface area contributed by atoms with Crippen LogP contribution in [-0.2, 0) is 19.5 Å². The van der Waals surface area contributed by atoms with Gasteiger partial charge in [0.25, 0.3) is 0 Å². The monoisotopic (exact) mass is 320 g/mol. The molecule has 3 heteroatoms. The minimum atomic E-state index is 0. The van der Waals surface area contributed by atoms with Gasteiger partial charge in [0.05, 0.1) is 0 Å². The van der Waals surface area contributed by atoms with Crippen LogP contribution in [0.25, 0.3) is 0 Å². The van der Waals surface area contributed by atoms with Crippen LogP contribution in [0, 0.1) is 24.7 Å². The second-order valence-corrected chi connectivity index (χ2v) is 6.99. The maximum Gasteiger partial charge on any atom is 0 e. The van der Waals surface area contributed by atoms with Gasteiger partial charge >= 0.3 is 0 Å². The van der Waals surface area contributed by atoms with E-state index in [2.05, 4.69) is 79.3 Å². The molecule has 0 fully saturated rings. The second kappa shape index (κ2) is 11.2. The summed E-state index contributed by atoms with van der Waals surface area (Å²) in [6, 6.07) is 0. The SMILES string of the molecule is [CH2-]C(C)(C)CN(C)CC.[CH2-]C(C)(C)CN(C)CC.[Zn]. The normalized spacial score (nSPS) is 12.0. The summed E-state index contributed by atoms with van der Waals surface area (Å²) < 4.78 is 0. The first kappa shape index (κ1) is 24.6. The van der Waals surface area contributed by atoms with Crippen molar-refractivity contribution in [3.8, 4) is 0 Å². The van der Waals surface area contributed by atoms with E-state index in [1.54, 1.807) is 0 Å². The first-order valence-electron chi connectivity index (χ1n) is 6.99. The van der Waals surface area contributed by atoms with E-state index in [0.717, 1.165) is 26.2 Å². The first-order chi connectivity index (χ1) is 7.91. The van der Waals surface area contributed by atoms with Gasteiger partial charge in [0.15, 0.2) is 0 Å². The van der Waals surface area contributed by atoms with Crippen molar-refractivity contribution in [3.05, 3.63) is 13.8 Å². The smallest absolute Gasteiger partial charge is 0 e. The molecule has 0 saturated heterocycles. The number of hydrogen-bond acceptors (Lipinski definition) is 2. The maximum atomic E-state index is 4.02. The second-order valence-electron chi connectivity index (χ2n) is 6.99. The Bertz CT molecular complexity index is 170. The van der Waals surface area contributed by atoms with Gasteiger partial charge in [0.1, 0.15) is 0 Å². The third kappa shape index (κ3) is 24.0. The molecule has 19 heavy (non-hydrogen) atoms. The van der Waals surface area contributed by atoms with Crippen molar-refractivity contribution in [1.82, 2.24) is 9.80 Å². The molecule has 0 radical (unpaired) electrons. The molecule has 0 bridgehead atoms. The van der Waals surface area contributed by atoms with Gasteiger partial charge < -0.3 is 23.6 Å². The van der Waals surface area contributed by atoms with Crippen molar-refractivity contribution in [2.75, 3.05) is 40.3 Å². The molecule has 0 unspecified atom stereocenters. The Hall–Kier alpha value is 0.543. The Morgan fingerprint density at radius 3 is 1.00 bits per heavy atom. The van der Waals surface area contributed by atoms with Gasteiger partial charge in [0, 0.05) is 19.5 Å². The third-order valence-corrected chi connectivity index (χ3v) is 2.48. The molecule has 0 heterocycles. The minimum absolute atomic E-state index is 0. The summed E-state index contributed by atoms with van der Waals surface area (Å²) in [6.07, 6.45) is 0. The summed E-state index contributed by atoms with van der Waals surface area (Å²) in [5.41, 5.74) is 0.398. The van der Waals surface area contributed by atoms with Crippen LogP contribution < -0.4 is 0 Å². The fraction of sp³-hybridized carbons (Fsp3) is 0.875. The molecule has 0 amide bonds. The Morgan fingerprint density at radius 2 is 0.947 bits per heavy atom. The van der Waals surface area contributed by atoms with E-state index in [9.17, 15) is 0 Å². The molecule has 0 spiro atoms. The van der Waals surface area contributed by atoms with E-state index in [1.807, 2.05) is 0 Å². The molecule has 2 nitrogen and oxygen atoms in total. The zero-order valence-corrected chi connectivity index (χ0v) is 17.8. The Balaban J connectivity index is -0.000000256. The van der Waals surface area contributed by atoms with Crippen LogP contribution in [0.5, 0.6) is 0 Å². The van der Waals surface area contributed by atoms with Gasteiger partial charge in [-0.3, -0.25) is 0 Å². The van der Waals surface area contributed by atoms with E-state index < -0.39 is 0 Å². The van der Waals surface area contributed by atoms with Gasteiger partial charge in [-0.25, -0.2) is 0 Å². The molecule has 0 N–H and O–H groups in total. The van der Waals surface area contributed by atoms with Gasteiger partial charge in [-0.05, 0) is 40.3 Å². The summed E-state index contributed by atoms with van der Waals surface area (Å²) in [5, 5.41) is 0. The molecule has 0 rings (SSSR count). The standard InChI is InChI=1S/2C8H18N.Zn/c2*1-6-9(5)7-8(2,3)4;/h2*2,6-7H2,1,3-5H3;/q2*-1;. The van der Waals surface area contributed by atoms with Gasteiger partial charge in [-0.1, -0.05) is 41.5 Å². The zero-order valence-electron chi connectivity index (χ0n) is 14.8.